The van der Waals surface area contributed by atoms with Crippen molar-refractivity contribution in [2.24, 2.45) is 0 Å². The molecule has 10 heteroatoms. The highest BCUT2D eigenvalue weighted by Crippen LogP contribution is 2.36. The zero-order valence-corrected chi connectivity index (χ0v) is 20.9. The Bertz CT molecular complexity index is 1400. The predicted molar refractivity (Wildman–Crippen MR) is 131 cm³/mol. The van der Waals surface area contributed by atoms with Gasteiger partial charge in [-0.3, -0.25) is 14.5 Å². The van der Waals surface area contributed by atoms with Crippen molar-refractivity contribution < 1.29 is 26.6 Å². The molecule has 0 atom stereocenters. The zero-order valence-electron chi connectivity index (χ0n) is 17.7. The van der Waals surface area contributed by atoms with E-state index in [9.17, 15) is 22.4 Å². The SMILES string of the molecule is Cc1ccc(S(=O)(=O)Oc2ccc(Br)cc2/C=C2\SC(=O)N(Cc3ccc(F)cc3)C2=O)cc1. The van der Waals surface area contributed by atoms with Gasteiger partial charge in [-0.05, 0) is 72.8 Å². The van der Waals surface area contributed by atoms with Crippen LogP contribution in [-0.2, 0) is 21.5 Å². The average Bonchev–Trinajstić information content (AvgIpc) is 3.04. The van der Waals surface area contributed by atoms with Crippen LogP contribution >= 0.6 is 27.7 Å². The molecule has 3 aromatic rings. The number of carbonyl (C=O) groups excluding carboxylic acids is 2. The molecule has 1 aliphatic heterocycles. The number of hydrogen-bond donors (Lipinski definition) is 0. The van der Waals surface area contributed by atoms with Crippen LogP contribution in [0.25, 0.3) is 6.08 Å². The number of halogens is 2. The molecule has 0 unspecified atom stereocenters. The zero-order chi connectivity index (χ0) is 24.5. The number of imide groups is 1. The Hall–Kier alpha value is -2.95. The van der Waals surface area contributed by atoms with Gasteiger partial charge in [-0.15, -0.1) is 0 Å². The van der Waals surface area contributed by atoms with E-state index in [2.05, 4.69) is 15.9 Å². The molecule has 1 saturated heterocycles. The average molecular weight is 562 g/mol. The number of hydrogen-bond acceptors (Lipinski definition) is 6. The molecule has 0 aromatic heterocycles. The van der Waals surface area contributed by atoms with Gasteiger partial charge in [0.2, 0.25) is 0 Å². The van der Waals surface area contributed by atoms with Crippen LogP contribution < -0.4 is 4.18 Å². The molecule has 0 saturated carbocycles. The quantitative estimate of drug-likeness (QED) is 0.275. The normalized spacial score (nSPS) is 15.3. The Morgan fingerprint density at radius 2 is 1.71 bits per heavy atom. The fraction of sp³-hybridized carbons (Fsp3) is 0.0833. The smallest absolute Gasteiger partial charge is 0.339 e. The van der Waals surface area contributed by atoms with Crippen molar-refractivity contribution in [1.82, 2.24) is 4.90 Å². The van der Waals surface area contributed by atoms with Crippen LogP contribution in [0.3, 0.4) is 0 Å². The second-order valence-electron chi connectivity index (χ2n) is 7.43. The summed E-state index contributed by atoms with van der Waals surface area (Å²) in [4.78, 5) is 26.5. The summed E-state index contributed by atoms with van der Waals surface area (Å²) >= 11 is 4.07. The molecule has 0 radical (unpaired) electrons. The molecule has 0 bridgehead atoms. The number of nitrogens with zero attached hydrogens (tertiary/aromatic N) is 1. The van der Waals surface area contributed by atoms with Crippen molar-refractivity contribution in [2.45, 2.75) is 18.4 Å². The van der Waals surface area contributed by atoms with Crippen LogP contribution in [0.2, 0.25) is 0 Å². The summed E-state index contributed by atoms with van der Waals surface area (Å²) in [6.07, 6.45) is 1.42. The Balaban J connectivity index is 1.62. The minimum Gasteiger partial charge on any atom is -0.378 e. The van der Waals surface area contributed by atoms with Crippen molar-refractivity contribution in [1.29, 1.82) is 0 Å². The highest BCUT2D eigenvalue weighted by atomic mass is 79.9. The number of carbonyl (C=O) groups is 2. The lowest BCUT2D eigenvalue weighted by Crippen LogP contribution is -2.27. The standard InChI is InChI=1S/C24H17BrFNO5S2/c1-15-2-9-20(10-3-15)34(30,31)32-21-11-6-18(25)12-17(21)13-22-23(28)27(24(29)33-22)14-16-4-7-19(26)8-5-16/h2-13H,14H2,1H3/b22-13-. The molecule has 0 aliphatic carbocycles. The lowest BCUT2D eigenvalue weighted by molar-refractivity contribution is -0.123. The lowest BCUT2D eigenvalue weighted by atomic mass is 10.2. The first-order chi connectivity index (χ1) is 16.1. The number of amides is 2. The summed E-state index contributed by atoms with van der Waals surface area (Å²) in [6.45, 7) is 1.83. The Kier molecular flexibility index (Phi) is 6.92. The first kappa shape index (κ1) is 24.2. The molecule has 1 heterocycles. The third-order valence-electron chi connectivity index (χ3n) is 4.90. The molecule has 34 heavy (non-hydrogen) atoms. The van der Waals surface area contributed by atoms with E-state index in [4.69, 9.17) is 4.18 Å². The molecule has 3 aromatic carbocycles. The van der Waals surface area contributed by atoms with E-state index >= 15 is 0 Å². The van der Waals surface area contributed by atoms with Gasteiger partial charge in [-0.25, -0.2) is 4.39 Å². The molecule has 174 valence electrons. The highest BCUT2D eigenvalue weighted by molar-refractivity contribution is 9.10. The minimum atomic E-state index is -4.12. The monoisotopic (exact) mass is 561 g/mol. The van der Waals surface area contributed by atoms with Crippen LogP contribution in [-0.4, -0.2) is 24.5 Å². The van der Waals surface area contributed by atoms with E-state index in [0.29, 0.717) is 15.6 Å². The third kappa shape index (κ3) is 5.40. The first-order valence-corrected chi connectivity index (χ1v) is 12.9. The molecule has 1 aliphatic rings. The summed E-state index contributed by atoms with van der Waals surface area (Å²) in [7, 11) is -4.12. The molecular weight excluding hydrogens is 545 g/mol. The molecule has 6 nitrogen and oxygen atoms in total. The summed E-state index contributed by atoms with van der Waals surface area (Å²) in [5.74, 6) is -0.943. The van der Waals surface area contributed by atoms with Gasteiger partial charge in [0.25, 0.3) is 11.1 Å². The van der Waals surface area contributed by atoms with Gasteiger partial charge in [-0.1, -0.05) is 45.8 Å². The van der Waals surface area contributed by atoms with E-state index in [1.165, 1.54) is 48.5 Å². The number of aryl methyl sites for hydroxylation is 1. The molecule has 4 rings (SSSR count). The number of thioether (sulfide) groups is 1. The summed E-state index contributed by atoms with van der Waals surface area (Å²) in [5, 5.41) is -0.481. The second kappa shape index (κ2) is 9.73. The van der Waals surface area contributed by atoms with Crippen LogP contribution in [0.4, 0.5) is 9.18 Å². The molecular formula is C24H17BrFNO5S2. The van der Waals surface area contributed by atoms with Gasteiger partial charge in [-0.2, -0.15) is 8.42 Å². The molecule has 0 spiro atoms. The van der Waals surface area contributed by atoms with Crippen LogP contribution in [0.1, 0.15) is 16.7 Å². The van der Waals surface area contributed by atoms with Crippen LogP contribution in [0.15, 0.2) is 81.0 Å². The van der Waals surface area contributed by atoms with Gasteiger partial charge in [0, 0.05) is 10.0 Å². The van der Waals surface area contributed by atoms with Crippen molar-refractivity contribution in [3.63, 3.8) is 0 Å². The van der Waals surface area contributed by atoms with Crippen molar-refractivity contribution >= 4 is 55.0 Å². The molecule has 0 N–H and O–H groups in total. The topological polar surface area (TPSA) is 80.8 Å². The maximum Gasteiger partial charge on any atom is 0.339 e. The van der Waals surface area contributed by atoms with E-state index in [1.807, 2.05) is 6.92 Å². The summed E-state index contributed by atoms with van der Waals surface area (Å²) in [5.41, 5.74) is 1.80. The van der Waals surface area contributed by atoms with Crippen LogP contribution in [0, 0.1) is 12.7 Å². The Morgan fingerprint density at radius 1 is 1.03 bits per heavy atom. The number of benzene rings is 3. The van der Waals surface area contributed by atoms with E-state index < -0.39 is 27.1 Å². The first-order valence-electron chi connectivity index (χ1n) is 9.93. The van der Waals surface area contributed by atoms with Crippen molar-refractivity contribution in [3.8, 4) is 5.75 Å². The van der Waals surface area contributed by atoms with Gasteiger partial charge in [0.15, 0.2) is 0 Å². The van der Waals surface area contributed by atoms with Crippen molar-refractivity contribution in [3.05, 3.63) is 98.6 Å². The molecule has 2 amide bonds. The lowest BCUT2D eigenvalue weighted by Gasteiger charge is -2.12. The highest BCUT2D eigenvalue weighted by Gasteiger charge is 2.35. The largest absolute Gasteiger partial charge is 0.378 e. The van der Waals surface area contributed by atoms with E-state index in [1.54, 1.807) is 24.3 Å². The second-order valence-corrected chi connectivity index (χ2v) is 10.9. The Labute approximate surface area is 208 Å². The fourth-order valence-corrected chi connectivity index (χ4v) is 5.29. The minimum absolute atomic E-state index is 0.00779. The van der Waals surface area contributed by atoms with Gasteiger partial charge in [0.1, 0.15) is 16.5 Å². The summed E-state index contributed by atoms with van der Waals surface area (Å²) < 4.78 is 44.7. The number of rotatable bonds is 6. The predicted octanol–water partition coefficient (Wildman–Crippen LogP) is 5.90. The Morgan fingerprint density at radius 3 is 2.38 bits per heavy atom. The van der Waals surface area contributed by atoms with Gasteiger partial charge < -0.3 is 4.18 Å². The van der Waals surface area contributed by atoms with Crippen LogP contribution in [0.5, 0.6) is 5.75 Å². The van der Waals surface area contributed by atoms with Gasteiger partial charge >= 0.3 is 10.1 Å². The molecule has 1 fully saturated rings. The maximum atomic E-state index is 13.2. The fourth-order valence-electron chi connectivity index (χ4n) is 3.13. The summed E-state index contributed by atoms with van der Waals surface area (Å²) in [6, 6.07) is 16.4. The maximum absolute atomic E-state index is 13.2. The van der Waals surface area contributed by atoms with Crippen molar-refractivity contribution in [2.75, 3.05) is 0 Å². The van der Waals surface area contributed by atoms with E-state index in [0.717, 1.165) is 22.2 Å². The van der Waals surface area contributed by atoms with Gasteiger partial charge in [0.05, 0.1) is 11.4 Å². The third-order valence-corrected chi connectivity index (χ3v) is 7.54. The van der Waals surface area contributed by atoms with E-state index in [-0.39, 0.29) is 22.1 Å².